The summed E-state index contributed by atoms with van der Waals surface area (Å²) >= 11 is 0. The van der Waals surface area contributed by atoms with E-state index >= 15 is 0 Å². The van der Waals surface area contributed by atoms with Gasteiger partial charge in [0.1, 0.15) is 0 Å². The van der Waals surface area contributed by atoms with Gasteiger partial charge in [-0.1, -0.05) is 38.1 Å². The fourth-order valence-electron chi connectivity index (χ4n) is 2.00. The van der Waals surface area contributed by atoms with Gasteiger partial charge in [0.25, 0.3) is 0 Å². The largest absolute Gasteiger partial charge is 0.383 e. The highest BCUT2D eigenvalue weighted by Crippen LogP contribution is 2.15. The molecule has 1 amide bonds. The number of hydrogen-bond donors (Lipinski definition) is 2. The minimum atomic E-state index is 0.108. The first-order chi connectivity index (χ1) is 10.1. The van der Waals surface area contributed by atoms with Crippen LogP contribution < -0.4 is 10.6 Å². The van der Waals surface area contributed by atoms with E-state index in [-0.39, 0.29) is 5.91 Å². The molecule has 1 aromatic rings. The van der Waals surface area contributed by atoms with Crippen molar-refractivity contribution in [3.05, 3.63) is 35.4 Å². The van der Waals surface area contributed by atoms with Gasteiger partial charge in [0.15, 0.2) is 0 Å². The fraction of sp³-hybridized carbons (Fsp3) is 0.588. The van der Waals surface area contributed by atoms with Gasteiger partial charge in [-0.25, -0.2) is 0 Å². The molecule has 4 heteroatoms. The van der Waals surface area contributed by atoms with Crippen molar-refractivity contribution in [1.82, 2.24) is 10.6 Å². The average Bonchev–Trinajstić information content (AvgIpc) is 2.49. The second-order valence-electron chi connectivity index (χ2n) is 5.49. The normalized spacial score (nSPS) is 10.9. The quantitative estimate of drug-likeness (QED) is 0.649. The first-order valence-electron chi connectivity index (χ1n) is 7.68. The summed E-state index contributed by atoms with van der Waals surface area (Å²) in [5, 5.41) is 6.11. The molecule has 0 saturated carbocycles. The van der Waals surface area contributed by atoms with Crippen LogP contribution in [0.4, 0.5) is 0 Å². The highest BCUT2D eigenvalue weighted by Gasteiger charge is 2.03. The summed E-state index contributed by atoms with van der Waals surface area (Å²) in [4.78, 5) is 11.7. The number of methoxy groups -OCH3 is 1. The van der Waals surface area contributed by atoms with E-state index in [1.54, 1.807) is 7.11 Å². The SMILES string of the molecule is COCCNCCNC(=O)CCc1ccc(C(C)C)cc1. The standard InChI is InChI=1S/C17H28N2O2/c1-14(2)16-7-4-15(5-8-16)6-9-17(20)19-11-10-18-12-13-21-3/h4-5,7-8,14,18H,6,9-13H2,1-3H3,(H,19,20). The Morgan fingerprint density at radius 3 is 2.48 bits per heavy atom. The van der Waals surface area contributed by atoms with E-state index in [1.807, 2.05) is 0 Å². The molecule has 1 aromatic carbocycles. The third kappa shape index (κ3) is 7.83. The fourth-order valence-corrected chi connectivity index (χ4v) is 2.00. The lowest BCUT2D eigenvalue weighted by Gasteiger charge is -2.08. The number of benzene rings is 1. The Bertz CT molecular complexity index is 402. The molecule has 0 unspecified atom stereocenters. The van der Waals surface area contributed by atoms with Gasteiger partial charge < -0.3 is 15.4 Å². The number of nitrogens with one attached hydrogen (secondary N) is 2. The average molecular weight is 292 g/mol. The minimum Gasteiger partial charge on any atom is -0.383 e. The molecule has 21 heavy (non-hydrogen) atoms. The molecule has 0 bridgehead atoms. The zero-order valence-corrected chi connectivity index (χ0v) is 13.4. The molecule has 0 aromatic heterocycles. The Hall–Kier alpha value is -1.39. The lowest BCUT2D eigenvalue weighted by Crippen LogP contribution is -2.33. The summed E-state index contributed by atoms with van der Waals surface area (Å²) in [7, 11) is 1.68. The van der Waals surface area contributed by atoms with Crippen molar-refractivity contribution in [2.24, 2.45) is 0 Å². The van der Waals surface area contributed by atoms with Crippen LogP contribution in [0, 0.1) is 0 Å². The van der Waals surface area contributed by atoms with Crippen molar-refractivity contribution >= 4 is 5.91 Å². The number of aryl methyl sites for hydroxylation is 1. The van der Waals surface area contributed by atoms with Crippen molar-refractivity contribution in [2.45, 2.75) is 32.6 Å². The second kappa shape index (κ2) is 10.4. The summed E-state index contributed by atoms with van der Waals surface area (Å²) in [5.74, 6) is 0.657. The van der Waals surface area contributed by atoms with Crippen molar-refractivity contribution in [1.29, 1.82) is 0 Å². The first-order valence-corrected chi connectivity index (χ1v) is 7.68. The van der Waals surface area contributed by atoms with Crippen molar-refractivity contribution in [3.63, 3.8) is 0 Å². The van der Waals surface area contributed by atoms with Gasteiger partial charge in [0.2, 0.25) is 5.91 Å². The second-order valence-corrected chi connectivity index (χ2v) is 5.49. The van der Waals surface area contributed by atoms with E-state index < -0.39 is 0 Å². The number of carbonyl (C=O) groups is 1. The van der Waals surface area contributed by atoms with Gasteiger partial charge in [-0.05, 0) is 23.5 Å². The molecule has 0 atom stereocenters. The predicted molar refractivity (Wildman–Crippen MR) is 86.6 cm³/mol. The summed E-state index contributed by atoms with van der Waals surface area (Å²) in [6, 6.07) is 8.54. The molecule has 0 aliphatic carbocycles. The van der Waals surface area contributed by atoms with Crippen LogP contribution in [0.15, 0.2) is 24.3 Å². The molecule has 1 rings (SSSR count). The summed E-state index contributed by atoms with van der Waals surface area (Å²) < 4.78 is 4.93. The van der Waals surface area contributed by atoms with Crippen LogP contribution in [0.1, 0.15) is 37.3 Å². The van der Waals surface area contributed by atoms with Crippen molar-refractivity contribution in [3.8, 4) is 0 Å². The molecular weight excluding hydrogens is 264 g/mol. The summed E-state index contributed by atoms with van der Waals surface area (Å²) in [6.07, 6.45) is 1.33. The number of ether oxygens (including phenoxy) is 1. The number of hydrogen-bond acceptors (Lipinski definition) is 3. The Morgan fingerprint density at radius 2 is 1.86 bits per heavy atom. The highest BCUT2D eigenvalue weighted by molar-refractivity contribution is 5.76. The zero-order chi connectivity index (χ0) is 15.5. The molecule has 0 fully saturated rings. The molecule has 0 aliphatic rings. The Morgan fingerprint density at radius 1 is 1.14 bits per heavy atom. The van der Waals surface area contributed by atoms with Gasteiger partial charge in [0, 0.05) is 33.2 Å². The molecule has 0 heterocycles. The first kappa shape index (κ1) is 17.7. The highest BCUT2D eigenvalue weighted by atomic mass is 16.5. The van der Waals surface area contributed by atoms with Gasteiger partial charge in [-0.3, -0.25) is 4.79 Å². The molecule has 118 valence electrons. The predicted octanol–water partition coefficient (Wildman–Crippen LogP) is 2.09. The minimum absolute atomic E-state index is 0.108. The molecule has 0 aliphatic heterocycles. The number of carbonyl (C=O) groups excluding carboxylic acids is 1. The Kier molecular flexibility index (Phi) is 8.71. The van der Waals surface area contributed by atoms with E-state index in [9.17, 15) is 4.79 Å². The van der Waals surface area contributed by atoms with Crippen LogP contribution in [0.3, 0.4) is 0 Å². The van der Waals surface area contributed by atoms with Crippen LogP contribution in [-0.4, -0.2) is 39.3 Å². The number of amides is 1. The summed E-state index contributed by atoms with van der Waals surface area (Å²) in [6.45, 7) is 7.31. The van der Waals surface area contributed by atoms with E-state index in [4.69, 9.17) is 4.74 Å². The van der Waals surface area contributed by atoms with Crippen LogP contribution in [0.2, 0.25) is 0 Å². The van der Waals surface area contributed by atoms with E-state index in [1.165, 1.54) is 11.1 Å². The Labute approximate surface area is 128 Å². The van der Waals surface area contributed by atoms with Gasteiger partial charge >= 0.3 is 0 Å². The zero-order valence-electron chi connectivity index (χ0n) is 13.4. The van der Waals surface area contributed by atoms with Crippen molar-refractivity contribution in [2.75, 3.05) is 33.4 Å². The maximum Gasteiger partial charge on any atom is 0.220 e. The van der Waals surface area contributed by atoms with Gasteiger partial charge in [0.05, 0.1) is 6.61 Å². The lowest BCUT2D eigenvalue weighted by atomic mass is 10.0. The number of rotatable bonds is 10. The monoisotopic (exact) mass is 292 g/mol. The topological polar surface area (TPSA) is 50.4 Å². The molecule has 0 radical (unpaired) electrons. The van der Waals surface area contributed by atoms with Crippen LogP contribution in [0.25, 0.3) is 0 Å². The lowest BCUT2D eigenvalue weighted by molar-refractivity contribution is -0.121. The van der Waals surface area contributed by atoms with Crippen LogP contribution in [-0.2, 0) is 16.0 Å². The summed E-state index contributed by atoms with van der Waals surface area (Å²) in [5.41, 5.74) is 2.55. The van der Waals surface area contributed by atoms with Gasteiger partial charge in [-0.15, -0.1) is 0 Å². The third-order valence-electron chi connectivity index (χ3n) is 3.39. The molecule has 0 saturated heterocycles. The Balaban J connectivity index is 2.15. The van der Waals surface area contributed by atoms with Gasteiger partial charge in [-0.2, -0.15) is 0 Å². The molecular formula is C17H28N2O2. The maximum absolute atomic E-state index is 11.7. The van der Waals surface area contributed by atoms with Crippen molar-refractivity contribution < 1.29 is 9.53 Å². The van der Waals surface area contributed by atoms with Crippen LogP contribution in [0.5, 0.6) is 0 Å². The van der Waals surface area contributed by atoms with E-state index in [2.05, 4.69) is 48.7 Å². The maximum atomic E-state index is 11.7. The smallest absolute Gasteiger partial charge is 0.220 e. The molecule has 4 nitrogen and oxygen atoms in total. The third-order valence-corrected chi connectivity index (χ3v) is 3.39. The van der Waals surface area contributed by atoms with E-state index in [0.717, 1.165) is 19.5 Å². The van der Waals surface area contributed by atoms with E-state index in [0.29, 0.717) is 25.5 Å². The molecule has 0 spiro atoms. The van der Waals surface area contributed by atoms with Crippen LogP contribution >= 0.6 is 0 Å². The molecule has 2 N–H and O–H groups in total.